The number of anilines is 1. The maximum atomic E-state index is 12.8. The number of hydrogen-bond donors (Lipinski definition) is 1. The topological polar surface area (TPSA) is 51.0 Å². The molecule has 2 aromatic rings. The van der Waals surface area contributed by atoms with Gasteiger partial charge in [-0.15, -0.1) is 10.2 Å². The van der Waals surface area contributed by atoms with Crippen LogP contribution in [0.3, 0.4) is 0 Å². The van der Waals surface area contributed by atoms with Crippen molar-refractivity contribution in [3.05, 3.63) is 41.1 Å². The zero-order valence-corrected chi connectivity index (χ0v) is 11.1. The Kier molecular flexibility index (Phi) is 3.96. The Morgan fingerprint density at radius 1 is 1.20 bits per heavy atom. The van der Waals surface area contributed by atoms with Crippen molar-refractivity contribution < 1.29 is 17.6 Å². The van der Waals surface area contributed by atoms with Crippen LogP contribution in [0.15, 0.2) is 22.6 Å². The first-order valence-electron chi connectivity index (χ1n) is 6.13. The number of alkyl halides is 3. The van der Waals surface area contributed by atoms with Crippen LogP contribution in [0.2, 0.25) is 0 Å². The van der Waals surface area contributed by atoms with Crippen molar-refractivity contribution in [3.8, 4) is 0 Å². The van der Waals surface area contributed by atoms with Gasteiger partial charge in [0.1, 0.15) is 0 Å². The average Bonchev–Trinajstić information content (AvgIpc) is 2.84. The minimum atomic E-state index is -4.36. The van der Waals surface area contributed by atoms with Crippen LogP contribution in [0, 0.1) is 6.92 Å². The highest BCUT2D eigenvalue weighted by molar-refractivity contribution is 5.49. The summed E-state index contributed by atoms with van der Waals surface area (Å²) < 4.78 is 43.6. The van der Waals surface area contributed by atoms with Crippen LogP contribution in [-0.4, -0.2) is 10.2 Å². The highest BCUT2D eigenvalue weighted by Crippen LogP contribution is 2.33. The molecular weight excluding hydrogens is 271 g/mol. The van der Waals surface area contributed by atoms with Crippen LogP contribution in [0.4, 0.5) is 18.9 Å². The van der Waals surface area contributed by atoms with Gasteiger partial charge in [-0.2, -0.15) is 13.2 Å². The van der Waals surface area contributed by atoms with Gasteiger partial charge in [-0.3, -0.25) is 0 Å². The van der Waals surface area contributed by atoms with Gasteiger partial charge in [0.2, 0.25) is 11.8 Å². The molecule has 0 bridgehead atoms. The van der Waals surface area contributed by atoms with Crippen molar-refractivity contribution in [3.63, 3.8) is 0 Å². The third-order valence-corrected chi connectivity index (χ3v) is 2.80. The third-order valence-electron chi connectivity index (χ3n) is 2.80. The summed E-state index contributed by atoms with van der Waals surface area (Å²) >= 11 is 0. The normalized spacial score (nSPS) is 11.7. The van der Waals surface area contributed by atoms with E-state index >= 15 is 0 Å². The minimum Gasteiger partial charge on any atom is -0.423 e. The molecule has 0 aliphatic heterocycles. The predicted molar refractivity (Wildman–Crippen MR) is 67.2 cm³/mol. The molecule has 1 aromatic heterocycles. The molecule has 1 N–H and O–H groups in total. The number of rotatable bonds is 4. The SMILES string of the molecule is CCc1nnc(CNc2ccc(C)c(C(F)(F)F)c2)o1. The fourth-order valence-electron chi connectivity index (χ4n) is 1.72. The average molecular weight is 285 g/mol. The van der Waals surface area contributed by atoms with Crippen LogP contribution < -0.4 is 5.32 Å². The molecule has 1 heterocycles. The highest BCUT2D eigenvalue weighted by Gasteiger charge is 2.32. The molecule has 0 aliphatic carbocycles. The van der Waals surface area contributed by atoms with Gasteiger partial charge < -0.3 is 9.73 Å². The Labute approximate surface area is 114 Å². The Balaban J connectivity index is 2.10. The molecule has 108 valence electrons. The van der Waals surface area contributed by atoms with E-state index in [4.69, 9.17) is 4.42 Å². The van der Waals surface area contributed by atoms with E-state index in [0.717, 1.165) is 6.07 Å². The molecule has 2 rings (SSSR count). The Morgan fingerprint density at radius 2 is 1.90 bits per heavy atom. The number of nitrogens with one attached hydrogen (secondary N) is 1. The first-order chi connectivity index (χ1) is 9.40. The number of aryl methyl sites for hydroxylation is 2. The van der Waals surface area contributed by atoms with E-state index in [0.29, 0.717) is 23.9 Å². The summed E-state index contributed by atoms with van der Waals surface area (Å²) in [5.41, 5.74) is -0.101. The smallest absolute Gasteiger partial charge is 0.416 e. The van der Waals surface area contributed by atoms with Crippen LogP contribution in [0.25, 0.3) is 0 Å². The largest absolute Gasteiger partial charge is 0.423 e. The standard InChI is InChI=1S/C13H14F3N3O/c1-3-11-18-19-12(20-11)7-17-9-5-4-8(2)10(6-9)13(14,15)16/h4-6,17H,3,7H2,1-2H3. The zero-order valence-electron chi connectivity index (χ0n) is 11.1. The quantitative estimate of drug-likeness (QED) is 0.933. The van der Waals surface area contributed by atoms with Crippen molar-refractivity contribution in [2.45, 2.75) is 33.0 Å². The van der Waals surface area contributed by atoms with Crippen molar-refractivity contribution in [2.75, 3.05) is 5.32 Å². The van der Waals surface area contributed by atoms with Gasteiger partial charge in [-0.05, 0) is 24.6 Å². The second-order valence-corrected chi connectivity index (χ2v) is 4.32. The molecule has 0 aliphatic rings. The van der Waals surface area contributed by atoms with Crippen molar-refractivity contribution >= 4 is 5.69 Å². The molecule has 0 saturated heterocycles. The van der Waals surface area contributed by atoms with E-state index in [-0.39, 0.29) is 12.1 Å². The minimum absolute atomic E-state index is 0.188. The van der Waals surface area contributed by atoms with Gasteiger partial charge in [0, 0.05) is 12.1 Å². The molecule has 20 heavy (non-hydrogen) atoms. The molecule has 0 radical (unpaired) electrons. The molecule has 0 atom stereocenters. The maximum Gasteiger partial charge on any atom is 0.416 e. The lowest BCUT2D eigenvalue weighted by atomic mass is 10.1. The maximum absolute atomic E-state index is 12.8. The Bertz CT molecular complexity index is 593. The summed E-state index contributed by atoms with van der Waals surface area (Å²) in [6.07, 6.45) is -3.74. The number of hydrogen-bond acceptors (Lipinski definition) is 4. The van der Waals surface area contributed by atoms with Gasteiger partial charge in [0.15, 0.2) is 0 Å². The van der Waals surface area contributed by atoms with E-state index in [1.807, 2.05) is 6.92 Å². The van der Waals surface area contributed by atoms with E-state index in [9.17, 15) is 13.2 Å². The lowest BCUT2D eigenvalue weighted by molar-refractivity contribution is -0.138. The molecule has 0 saturated carbocycles. The molecule has 7 heteroatoms. The molecule has 1 aromatic carbocycles. The van der Waals surface area contributed by atoms with Crippen LogP contribution in [0.5, 0.6) is 0 Å². The predicted octanol–water partition coefficient (Wildman–Crippen LogP) is 3.57. The number of halogens is 3. The highest BCUT2D eigenvalue weighted by atomic mass is 19.4. The van der Waals surface area contributed by atoms with E-state index in [1.165, 1.54) is 13.0 Å². The second-order valence-electron chi connectivity index (χ2n) is 4.32. The van der Waals surface area contributed by atoms with Gasteiger partial charge in [0.05, 0.1) is 12.1 Å². The summed E-state index contributed by atoms with van der Waals surface area (Å²) in [6.45, 7) is 3.49. The van der Waals surface area contributed by atoms with Crippen molar-refractivity contribution in [1.82, 2.24) is 10.2 Å². The van der Waals surface area contributed by atoms with Gasteiger partial charge >= 0.3 is 6.18 Å². The Morgan fingerprint density at radius 3 is 2.50 bits per heavy atom. The van der Waals surface area contributed by atoms with Gasteiger partial charge in [-0.25, -0.2) is 0 Å². The van der Waals surface area contributed by atoms with Crippen molar-refractivity contribution in [1.29, 1.82) is 0 Å². The fourth-order valence-corrected chi connectivity index (χ4v) is 1.72. The summed E-state index contributed by atoms with van der Waals surface area (Å²) in [7, 11) is 0. The van der Waals surface area contributed by atoms with E-state index in [2.05, 4.69) is 15.5 Å². The second kappa shape index (κ2) is 5.52. The van der Waals surface area contributed by atoms with Crippen molar-refractivity contribution in [2.24, 2.45) is 0 Å². The lowest BCUT2D eigenvalue weighted by Gasteiger charge is -2.12. The number of benzene rings is 1. The first kappa shape index (κ1) is 14.4. The zero-order chi connectivity index (χ0) is 14.8. The number of aromatic nitrogens is 2. The lowest BCUT2D eigenvalue weighted by Crippen LogP contribution is -2.09. The molecular formula is C13H14F3N3O. The molecule has 4 nitrogen and oxygen atoms in total. The molecule has 0 unspecified atom stereocenters. The first-order valence-corrected chi connectivity index (χ1v) is 6.13. The van der Waals surface area contributed by atoms with Gasteiger partial charge in [0.25, 0.3) is 0 Å². The van der Waals surface area contributed by atoms with E-state index < -0.39 is 11.7 Å². The number of nitrogens with zero attached hydrogens (tertiary/aromatic N) is 2. The van der Waals surface area contributed by atoms with Gasteiger partial charge in [-0.1, -0.05) is 13.0 Å². The summed E-state index contributed by atoms with van der Waals surface area (Å²) in [4.78, 5) is 0. The molecule has 0 fully saturated rings. The van der Waals surface area contributed by atoms with Crippen LogP contribution in [-0.2, 0) is 19.1 Å². The monoisotopic (exact) mass is 285 g/mol. The molecule has 0 amide bonds. The fraction of sp³-hybridized carbons (Fsp3) is 0.385. The summed E-state index contributed by atoms with van der Waals surface area (Å²) in [5, 5.41) is 10.4. The molecule has 0 spiro atoms. The van der Waals surface area contributed by atoms with E-state index in [1.54, 1.807) is 6.07 Å². The van der Waals surface area contributed by atoms with Crippen LogP contribution >= 0.6 is 0 Å². The summed E-state index contributed by atoms with van der Waals surface area (Å²) in [5.74, 6) is 0.845. The Hall–Kier alpha value is -2.05. The third kappa shape index (κ3) is 3.28. The van der Waals surface area contributed by atoms with Crippen LogP contribution in [0.1, 0.15) is 29.8 Å². The summed E-state index contributed by atoms with van der Waals surface area (Å²) in [6, 6.07) is 4.09.